The Morgan fingerprint density at radius 2 is 1.71 bits per heavy atom. The Morgan fingerprint density at radius 1 is 0.971 bits per heavy atom. The van der Waals surface area contributed by atoms with E-state index in [0.717, 1.165) is 21.8 Å². The minimum Gasteiger partial charge on any atom is -0.497 e. The van der Waals surface area contributed by atoms with E-state index >= 15 is 0 Å². The molecule has 0 N–H and O–H groups in total. The highest BCUT2D eigenvalue weighted by Crippen LogP contribution is 2.36. The first-order valence-electron chi connectivity index (χ1n) is 10.4. The van der Waals surface area contributed by atoms with Crippen LogP contribution in [0.2, 0.25) is 0 Å². The Kier molecular flexibility index (Phi) is 7.57. The average molecular weight is 554 g/mol. The van der Waals surface area contributed by atoms with Gasteiger partial charge in [-0.05, 0) is 71.4 Å². The maximum Gasteiger partial charge on any atom is 0.343 e. The molecule has 1 fully saturated rings. The highest BCUT2D eigenvalue weighted by atomic mass is 79.9. The van der Waals surface area contributed by atoms with E-state index < -0.39 is 5.97 Å². The molecule has 0 saturated carbocycles. The molecule has 0 radical (unpaired) electrons. The Bertz CT molecular complexity index is 1320. The van der Waals surface area contributed by atoms with Crippen LogP contribution in [0.5, 0.6) is 17.2 Å². The Hall–Kier alpha value is -3.56. The molecule has 1 saturated heterocycles. The first kappa shape index (κ1) is 24.6. The SMILES string of the molecule is COc1ccc(C(=O)Oc2cc(/C=C3\SC(=O)N(Cc4ccccc4Br)C3=O)ccc2OC)cc1. The van der Waals surface area contributed by atoms with Gasteiger partial charge in [0.1, 0.15) is 5.75 Å². The number of benzene rings is 3. The van der Waals surface area contributed by atoms with Gasteiger partial charge in [-0.25, -0.2) is 4.79 Å². The van der Waals surface area contributed by atoms with Crippen molar-refractivity contribution < 1.29 is 28.6 Å². The van der Waals surface area contributed by atoms with Gasteiger partial charge < -0.3 is 14.2 Å². The zero-order valence-electron chi connectivity index (χ0n) is 18.8. The van der Waals surface area contributed by atoms with E-state index in [-0.39, 0.29) is 28.3 Å². The molecule has 0 bridgehead atoms. The number of thioether (sulfide) groups is 1. The van der Waals surface area contributed by atoms with Crippen LogP contribution in [0.4, 0.5) is 4.79 Å². The monoisotopic (exact) mass is 553 g/mol. The van der Waals surface area contributed by atoms with Gasteiger partial charge in [0.2, 0.25) is 0 Å². The summed E-state index contributed by atoms with van der Waals surface area (Å²) in [4.78, 5) is 39.6. The minimum atomic E-state index is -0.572. The summed E-state index contributed by atoms with van der Waals surface area (Å²) in [6.07, 6.45) is 1.59. The fourth-order valence-corrected chi connectivity index (χ4v) is 4.58. The van der Waals surface area contributed by atoms with Crippen molar-refractivity contribution in [1.82, 2.24) is 4.90 Å². The molecule has 0 spiro atoms. The number of rotatable bonds is 7. The van der Waals surface area contributed by atoms with Gasteiger partial charge in [-0.2, -0.15) is 0 Å². The molecule has 2 amide bonds. The molecule has 1 aliphatic rings. The number of ether oxygens (including phenoxy) is 3. The van der Waals surface area contributed by atoms with Crippen LogP contribution in [-0.2, 0) is 11.3 Å². The van der Waals surface area contributed by atoms with Crippen molar-refractivity contribution in [2.75, 3.05) is 14.2 Å². The summed E-state index contributed by atoms with van der Waals surface area (Å²) >= 11 is 4.31. The molecule has 178 valence electrons. The van der Waals surface area contributed by atoms with Gasteiger partial charge in [0.15, 0.2) is 11.5 Å². The molecular weight excluding hydrogens is 534 g/mol. The lowest BCUT2D eigenvalue weighted by Gasteiger charge is -2.13. The van der Waals surface area contributed by atoms with Crippen LogP contribution in [0.3, 0.4) is 0 Å². The number of halogens is 1. The molecule has 0 aliphatic carbocycles. The van der Waals surface area contributed by atoms with Crippen LogP contribution in [0.15, 0.2) is 76.1 Å². The Balaban J connectivity index is 1.55. The maximum absolute atomic E-state index is 12.9. The number of hydrogen-bond donors (Lipinski definition) is 0. The van der Waals surface area contributed by atoms with Gasteiger partial charge >= 0.3 is 5.97 Å². The summed E-state index contributed by atoms with van der Waals surface area (Å²) in [5.74, 6) is 0.204. The van der Waals surface area contributed by atoms with E-state index in [9.17, 15) is 14.4 Å². The predicted octanol–water partition coefficient (Wildman–Crippen LogP) is 5.92. The first-order chi connectivity index (χ1) is 16.9. The van der Waals surface area contributed by atoms with Crippen LogP contribution >= 0.6 is 27.7 Å². The van der Waals surface area contributed by atoms with Crippen LogP contribution < -0.4 is 14.2 Å². The van der Waals surface area contributed by atoms with Gasteiger partial charge in [0.25, 0.3) is 11.1 Å². The molecule has 0 atom stereocenters. The fraction of sp³-hybridized carbons (Fsp3) is 0.115. The van der Waals surface area contributed by atoms with Crippen molar-refractivity contribution in [3.8, 4) is 17.2 Å². The number of amides is 2. The topological polar surface area (TPSA) is 82.1 Å². The zero-order valence-corrected chi connectivity index (χ0v) is 21.2. The molecule has 35 heavy (non-hydrogen) atoms. The molecule has 3 aromatic rings. The van der Waals surface area contributed by atoms with Gasteiger partial charge in [-0.1, -0.05) is 40.2 Å². The number of carbonyl (C=O) groups excluding carboxylic acids is 3. The number of hydrogen-bond acceptors (Lipinski definition) is 7. The molecule has 9 heteroatoms. The lowest BCUT2D eigenvalue weighted by Crippen LogP contribution is -2.27. The summed E-state index contributed by atoms with van der Waals surface area (Å²) in [6.45, 7) is 0.163. The first-order valence-corrected chi connectivity index (χ1v) is 12.0. The van der Waals surface area contributed by atoms with Crippen molar-refractivity contribution >= 4 is 50.9 Å². The normalized spacial score (nSPS) is 14.4. The molecular formula is C26H20BrNO6S. The highest BCUT2D eigenvalue weighted by molar-refractivity contribution is 9.10. The van der Waals surface area contributed by atoms with Crippen LogP contribution in [0, 0.1) is 0 Å². The van der Waals surface area contributed by atoms with Crippen molar-refractivity contribution in [3.05, 3.63) is 92.8 Å². The lowest BCUT2D eigenvalue weighted by atomic mass is 10.1. The van der Waals surface area contributed by atoms with Crippen LogP contribution in [0.1, 0.15) is 21.5 Å². The molecule has 1 aliphatic heterocycles. The lowest BCUT2D eigenvalue weighted by molar-refractivity contribution is -0.123. The summed E-state index contributed by atoms with van der Waals surface area (Å²) in [5.41, 5.74) is 1.74. The molecule has 3 aromatic carbocycles. The smallest absolute Gasteiger partial charge is 0.343 e. The number of carbonyl (C=O) groups is 3. The third-order valence-electron chi connectivity index (χ3n) is 5.17. The quantitative estimate of drug-likeness (QED) is 0.204. The van der Waals surface area contributed by atoms with Gasteiger partial charge in [-0.15, -0.1) is 0 Å². The molecule has 0 aromatic heterocycles. The van der Waals surface area contributed by atoms with E-state index in [2.05, 4.69) is 15.9 Å². The second kappa shape index (κ2) is 10.8. The maximum atomic E-state index is 12.9. The summed E-state index contributed by atoms with van der Waals surface area (Å²) in [6, 6.07) is 18.9. The fourth-order valence-electron chi connectivity index (χ4n) is 3.33. The summed E-state index contributed by atoms with van der Waals surface area (Å²) < 4.78 is 16.8. The van der Waals surface area contributed by atoms with E-state index in [1.807, 2.05) is 24.3 Å². The van der Waals surface area contributed by atoms with Gasteiger partial charge in [0.05, 0.1) is 31.2 Å². The number of imide groups is 1. The van der Waals surface area contributed by atoms with E-state index in [1.54, 1.807) is 55.7 Å². The molecule has 0 unspecified atom stereocenters. The third-order valence-corrected chi connectivity index (χ3v) is 6.85. The Morgan fingerprint density at radius 3 is 2.40 bits per heavy atom. The molecule has 4 rings (SSSR count). The van der Waals surface area contributed by atoms with Crippen molar-refractivity contribution in [2.45, 2.75) is 6.54 Å². The van der Waals surface area contributed by atoms with E-state index in [4.69, 9.17) is 14.2 Å². The summed E-state index contributed by atoms with van der Waals surface area (Å²) in [5, 5.41) is -0.350. The van der Waals surface area contributed by atoms with E-state index in [0.29, 0.717) is 22.6 Å². The second-order valence-corrected chi connectivity index (χ2v) is 9.24. The average Bonchev–Trinajstić information content (AvgIpc) is 3.12. The standard InChI is InChI=1S/C26H20BrNO6S/c1-32-19-10-8-17(9-11-19)25(30)34-22-13-16(7-12-21(22)33-2)14-23-24(29)28(26(31)35-23)15-18-5-3-4-6-20(18)27/h3-14H,15H2,1-2H3/b23-14-. The van der Waals surface area contributed by atoms with Crippen LogP contribution in [-0.4, -0.2) is 36.2 Å². The third kappa shape index (κ3) is 5.58. The van der Waals surface area contributed by atoms with Crippen LogP contribution in [0.25, 0.3) is 6.08 Å². The van der Waals surface area contributed by atoms with Crippen molar-refractivity contribution in [1.29, 1.82) is 0 Å². The number of nitrogens with zero attached hydrogens (tertiary/aromatic N) is 1. The minimum absolute atomic E-state index is 0.163. The zero-order chi connectivity index (χ0) is 24.9. The molecule has 7 nitrogen and oxygen atoms in total. The number of esters is 1. The molecule has 1 heterocycles. The van der Waals surface area contributed by atoms with Gasteiger partial charge in [-0.3, -0.25) is 14.5 Å². The number of methoxy groups -OCH3 is 2. The predicted molar refractivity (Wildman–Crippen MR) is 137 cm³/mol. The second-order valence-electron chi connectivity index (χ2n) is 7.39. The van der Waals surface area contributed by atoms with Crippen molar-refractivity contribution in [2.24, 2.45) is 0 Å². The van der Waals surface area contributed by atoms with Crippen molar-refractivity contribution in [3.63, 3.8) is 0 Å². The Labute approximate surface area is 214 Å². The largest absolute Gasteiger partial charge is 0.497 e. The van der Waals surface area contributed by atoms with Gasteiger partial charge in [0, 0.05) is 4.47 Å². The highest BCUT2D eigenvalue weighted by Gasteiger charge is 2.35. The van der Waals surface area contributed by atoms with E-state index in [1.165, 1.54) is 12.0 Å². The summed E-state index contributed by atoms with van der Waals surface area (Å²) in [7, 11) is 3.01.